The van der Waals surface area contributed by atoms with E-state index in [4.69, 9.17) is 19.9 Å². The Labute approximate surface area is 211 Å². The molecule has 0 amide bonds. The summed E-state index contributed by atoms with van der Waals surface area (Å²) in [4.78, 5) is 17.7. The van der Waals surface area contributed by atoms with Gasteiger partial charge in [-0.1, -0.05) is 17.8 Å². The molecule has 0 saturated heterocycles. The van der Waals surface area contributed by atoms with Gasteiger partial charge in [-0.2, -0.15) is 0 Å². The van der Waals surface area contributed by atoms with Crippen LogP contribution >= 0.6 is 11.8 Å². The lowest BCUT2D eigenvalue weighted by Crippen LogP contribution is -2.41. The number of benzene rings is 1. The number of nitrogens with zero attached hydrogens (tertiary/aromatic N) is 4. The molecule has 0 unspecified atom stereocenters. The summed E-state index contributed by atoms with van der Waals surface area (Å²) in [5.74, 6) is -0.149. The first-order valence-corrected chi connectivity index (χ1v) is 12.4. The predicted molar refractivity (Wildman–Crippen MR) is 133 cm³/mol. The molecule has 1 aliphatic heterocycles. The molecule has 0 spiro atoms. The first-order valence-electron chi connectivity index (χ1n) is 11.5. The second kappa shape index (κ2) is 9.87. The van der Waals surface area contributed by atoms with Crippen LogP contribution in [0.3, 0.4) is 0 Å². The fourth-order valence-corrected chi connectivity index (χ4v) is 6.41. The van der Waals surface area contributed by atoms with E-state index in [0.29, 0.717) is 55.1 Å². The number of pyridine rings is 1. The van der Waals surface area contributed by atoms with Gasteiger partial charge in [0.25, 0.3) is 0 Å². The Bertz CT molecular complexity index is 1310. The lowest BCUT2D eigenvalue weighted by molar-refractivity contribution is 0.146. The van der Waals surface area contributed by atoms with E-state index in [1.165, 1.54) is 24.2 Å². The highest BCUT2D eigenvalue weighted by Crippen LogP contribution is 2.66. The number of thioether (sulfide) groups is 1. The number of nitrogens with two attached hydrogens (primary N) is 1. The lowest BCUT2D eigenvalue weighted by Gasteiger charge is -2.35. The highest BCUT2D eigenvalue weighted by Gasteiger charge is 2.68. The molecule has 3 aromatic rings. The highest BCUT2D eigenvalue weighted by atomic mass is 32.2. The zero-order chi connectivity index (χ0) is 25.3. The number of aromatic nitrogens is 3. The van der Waals surface area contributed by atoms with Crippen LogP contribution in [0.15, 0.2) is 41.8 Å². The summed E-state index contributed by atoms with van der Waals surface area (Å²) >= 11 is 1.39. The Balaban J connectivity index is 1.47. The first-order chi connectivity index (χ1) is 17.4. The Hall–Kier alpha value is -2.89. The zero-order valence-electron chi connectivity index (χ0n) is 20.0. The van der Waals surface area contributed by atoms with Crippen LogP contribution in [-0.2, 0) is 21.4 Å². The maximum atomic E-state index is 15.2. The van der Waals surface area contributed by atoms with Gasteiger partial charge in [-0.3, -0.25) is 0 Å². The number of alkyl halides is 1. The summed E-state index contributed by atoms with van der Waals surface area (Å²) in [5.41, 5.74) is 7.59. The maximum Gasteiger partial charge on any atom is 0.155 e. The number of rotatable bonds is 10. The SMILES string of the molecule is COCCOc1cnc2c(Cc3ccc(F)c([C@@]4(CF)N=C(N)S[C@@]5(COC)C[C@H]54)c3)ncnc2c1. The van der Waals surface area contributed by atoms with E-state index in [-0.39, 0.29) is 21.4 Å². The molecule has 1 saturated carbocycles. The van der Waals surface area contributed by atoms with E-state index < -0.39 is 18.0 Å². The molecule has 2 aliphatic rings. The van der Waals surface area contributed by atoms with Gasteiger partial charge in [0.2, 0.25) is 0 Å². The number of methoxy groups -OCH3 is 2. The number of hydrogen-bond donors (Lipinski definition) is 1. The smallest absolute Gasteiger partial charge is 0.155 e. The minimum Gasteiger partial charge on any atom is -0.489 e. The van der Waals surface area contributed by atoms with Crippen LogP contribution in [0.5, 0.6) is 5.75 Å². The molecule has 190 valence electrons. The topological polar surface area (TPSA) is 105 Å². The lowest BCUT2D eigenvalue weighted by atomic mass is 9.83. The molecule has 1 fully saturated rings. The molecule has 8 nitrogen and oxygen atoms in total. The van der Waals surface area contributed by atoms with Crippen molar-refractivity contribution >= 4 is 28.0 Å². The van der Waals surface area contributed by atoms with E-state index in [9.17, 15) is 4.39 Å². The Kier molecular flexibility index (Phi) is 6.80. The number of aliphatic imine (C=N–C) groups is 1. The monoisotopic (exact) mass is 515 g/mol. The summed E-state index contributed by atoms with van der Waals surface area (Å²) in [7, 11) is 3.20. The van der Waals surface area contributed by atoms with Crippen molar-refractivity contribution in [3.8, 4) is 5.75 Å². The predicted octanol–water partition coefficient (Wildman–Crippen LogP) is 3.41. The van der Waals surface area contributed by atoms with Crippen LogP contribution in [0, 0.1) is 11.7 Å². The van der Waals surface area contributed by atoms with Crippen molar-refractivity contribution in [2.45, 2.75) is 23.1 Å². The van der Waals surface area contributed by atoms with Gasteiger partial charge >= 0.3 is 0 Å². The normalized spacial score (nSPS) is 24.9. The molecule has 5 rings (SSSR count). The molecule has 0 bridgehead atoms. The zero-order valence-corrected chi connectivity index (χ0v) is 20.9. The van der Waals surface area contributed by atoms with Crippen LogP contribution in [0.1, 0.15) is 23.2 Å². The summed E-state index contributed by atoms with van der Waals surface area (Å²) in [6.07, 6.45) is 4.07. The van der Waals surface area contributed by atoms with Gasteiger partial charge in [-0.05, 0) is 24.1 Å². The molecule has 11 heteroatoms. The van der Waals surface area contributed by atoms with Gasteiger partial charge in [-0.15, -0.1) is 0 Å². The van der Waals surface area contributed by atoms with E-state index in [0.717, 1.165) is 5.56 Å². The highest BCUT2D eigenvalue weighted by molar-refractivity contribution is 8.15. The Morgan fingerprint density at radius 1 is 1.14 bits per heavy atom. The van der Waals surface area contributed by atoms with Crippen LogP contribution < -0.4 is 10.5 Å². The summed E-state index contributed by atoms with van der Waals surface area (Å²) in [6, 6.07) is 6.49. The van der Waals surface area contributed by atoms with Crippen molar-refractivity contribution < 1.29 is 23.0 Å². The summed E-state index contributed by atoms with van der Waals surface area (Å²) < 4.78 is 45.6. The quantitative estimate of drug-likeness (QED) is 0.410. The average molecular weight is 516 g/mol. The molecule has 2 N–H and O–H groups in total. The van der Waals surface area contributed by atoms with Crippen LogP contribution in [0.2, 0.25) is 0 Å². The second-order valence-corrected chi connectivity index (χ2v) is 10.5. The van der Waals surface area contributed by atoms with Crippen LogP contribution in [-0.4, -0.2) is 65.6 Å². The van der Waals surface area contributed by atoms with Crippen molar-refractivity contribution in [2.24, 2.45) is 16.6 Å². The number of halogens is 2. The summed E-state index contributed by atoms with van der Waals surface area (Å²) in [5, 5.41) is 0.248. The molecular weight excluding hydrogens is 488 g/mol. The van der Waals surface area contributed by atoms with Gasteiger partial charge in [0.05, 0.1) is 35.4 Å². The fraction of sp³-hybridized carbons (Fsp3) is 0.440. The van der Waals surface area contributed by atoms with Crippen molar-refractivity contribution in [3.63, 3.8) is 0 Å². The third-order valence-electron chi connectivity index (χ3n) is 6.76. The van der Waals surface area contributed by atoms with E-state index in [1.807, 2.05) is 0 Å². The van der Waals surface area contributed by atoms with E-state index in [1.54, 1.807) is 38.6 Å². The van der Waals surface area contributed by atoms with Crippen molar-refractivity contribution in [3.05, 3.63) is 59.4 Å². The fourth-order valence-electron chi connectivity index (χ4n) is 5.02. The third-order valence-corrected chi connectivity index (χ3v) is 8.04. The van der Waals surface area contributed by atoms with Crippen molar-refractivity contribution in [1.82, 2.24) is 15.0 Å². The van der Waals surface area contributed by atoms with Gasteiger partial charge in [0.1, 0.15) is 42.2 Å². The number of hydrogen-bond acceptors (Lipinski definition) is 9. The number of ether oxygens (including phenoxy) is 3. The number of amidine groups is 1. The first kappa shape index (κ1) is 24.8. The summed E-state index contributed by atoms with van der Waals surface area (Å²) in [6.45, 7) is 0.405. The third kappa shape index (κ3) is 4.39. The van der Waals surface area contributed by atoms with Gasteiger partial charge in [-0.25, -0.2) is 28.7 Å². The van der Waals surface area contributed by atoms with E-state index in [2.05, 4.69) is 19.9 Å². The molecule has 0 radical (unpaired) electrons. The van der Waals surface area contributed by atoms with Crippen LogP contribution in [0.4, 0.5) is 8.78 Å². The average Bonchev–Trinajstić information content (AvgIpc) is 3.59. The van der Waals surface area contributed by atoms with Crippen LogP contribution in [0.25, 0.3) is 11.0 Å². The Morgan fingerprint density at radius 3 is 2.78 bits per heavy atom. The molecular formula is C25H27F2N5O3S. The number of fused-ring (bicyclic) bond motifs is 2. The van der Waals surface area contributed by atoms with Crippen molar-refractivity contribution in [2.75, 3.05) is 40.7 Å². The molecule has 1 aromatic carbocycles. The molecule has 3 heterocycles. The Morgan fingerprint density at radius 2 is 2.00 bits per heavy atom. The van der Waals surface area contributed by atoms with Gasteiger partial charge in [0.15, 0.2) is 5.17 Å². The largest absolute Gasteiger partial charge is 0.489 e. The molecule has 3 atom stereocenters. The molecule has 36 heavy (non-hydrogen) atoms. The molecule has 1 aliphatic carbocycles. The van der Waals surface area contributed by atoms with E-state index >= 15 is 4.39 Å². The molecule has 2 aromatic heterocycles. The second-order valence-electron chi connectivity index (χ2n) is 9.06. The van der Waals surface area contributed by atoms with Gasteiger partial charge in [0, 0.05) is 38.2 Å². The minimum atomic E-state index is -1.38. The van der Waals surface area contributed by atoms with Gasteiger partial charge < -0.3 is 19.9 Å². The maximum absolute atomic E-state index is 15.2. The standard InChI is InChI=1S/C25H27F2N5O3S/c1-33-5-6-35-16-9-20-22(29-11-16)19(30-14-31-20)8-15-3-4-18(27)17(7-15)25(12-26)21-10-24(21,13-34-2)36-23(28)32-25/h3-4,7,9,11,14,21H,5-6,8,10,12-13H2,1-2H3,(H2,28,32)/t21-,24-,25-/m1/s1. The minimum absolute atomic E-state index is 0.203. The van der Waals surface area contributed by atoms with Crippen molar-refractivity contribution in [1.29, 1.82) is 0 Å².